The number of fused-ring (bicyclic) bond motifs is 1. The van der Waals surface area contributed by atoms with Crippen LogP contribution in [0.25, 0.3) is 16.7 Å². The zero-order valence-corrected chi connectivity index (χ0v) is 17.8. The Kier molecular flexibility index (Phi) is 5.17. The van der Waals surface area contributed by atoms with E-state index < -0.39 is 11.6 Å². The van der Waals surface area contributed by atoms with Gasteiger partial charge in [0, 0.05) is 16.1 Å². The van der Waals surface area contributed by atoms with Gasteiger partial charge in [-0.2, -0.15) is 0 Å². The summed E-state index contributed by atoms with van der Waals surface area (Å²) in [6.45, 7) is 1.51. The van der Waals surface area contributed by atoms with E-state index in [2.05, 4.69) is 26.1 Å². The number of carboxylic acid groups (broad SMARTS) is 1. The second kappa shape index (κ2) is 7.79. The lowest BCUT2D eigenvalue weighted by molar-refractivity contribution is -0.154. The van der Waals surface area contributed by atoms with Gasteiger partial charge in [0.05, 0.1) is 7.11 Å². The number of halogens is 1. The maximum atomic E-state index is 12.2. The molecular formula is C22H18BrN3O4. The number of nitrogens with zero attached hydrogens (tertiary/aromatic N) is 3. The smallest absolute Gasteiger partial charge is 0.352 e. The summed E-state index contributed by atoms with van der Waals surface area (Å²) in [4.78, 5) is 13.6. The summed E-state index contributed by atoms with van der Waals surface area (Å²) in [6.07, 6.45) is 0. The zero-order chi connectivity index (χ0) is 21.3. The summed E-state index contributed by atoms with van der Waals surface area (Å²) in [5.41, 5.74) is 0.755. The number of aliphatic carboxylic acids is 1. The molecule has 0 radical (unpaired) electrons. The highest BCUT2D eigenvalue weighted by atomic mass is 79.9. The summed E-state index contributed by atoms with van der Waals surface area (Å²) in [5, 5.41) is 19.0. The predicted molar refractivity (Wildman–Crippen MR) is 115 cm³/mol. The van der Waals surface area contributed by atoms with Crippen LogP contribution in [0, 0.1) is 0 Å². The number of hydrogen-bond donors (Lipinski definition) is 1. The molecule has 0 saturated heterocycles. The van der Waals surface area contributed by atoms with E-state index in [-0.39, 0.29) is 0 Å². The number of aromatic nitrogens is 3. The predicted octanol–water partition coefficient (Wildman–Crippen LogP) is 4.57. The summed E-state index contributed by atoms with van der Waals surface area (Å²) < 4.78 is 12.3. The molecule has 1 N–H and O–H groups in total. The molecule has 0 spiro atoms. The van der Waals surface area contributed by atoms with Gasteiger partial charge in [0.2, 0.25) is 5.60 Å². The summed E-state index contributed by atoms with van der Waals surface area (Å²) >= 11 is 3.37. The fraction of sp³-hybridized carbons (Fsp3) is 0.136. The number of benzene rings is 3. The van der Waals surface area contributed by atoms with Crippen molar-refractivity contribution in [2.45, 2.75) is 12.5 Å². The molecule has 8 heteroatoms. The molecule has 152 valence electrons. The van der Waals surface area contributed by atoms with Crippen LogP contribution in [0.3, 0.4) is 0 Å². The Morgan fingerprint density at radius 3 is 2.23 bits per heavy atom. The van der Waals surface area contributed by atoms with Gasteiger partial charge in [-0.1, -0.05) is 40.2 Å². The van der Waals surface area contributed by atoms with E-state index in [0.717, 1.165) is 4.47 Å². The molecule has 0 bridgehead atoms. The number of hydrogen-bond acceptors (Lipinski definition) is 5. The van der Waals surface area contributed by atoms with Crippen LogP contribution in [-0.2, 0) is 10.4 Å². The third-order valence-electron chi connectivity index (χ3n) is 4.79. The molecule has 4 rings (SSSR count). The van der Waals surface area contributed by atoms with E-state index in [1.54, 1.807) is 49.6 Å². The monoisotopic (exact) mass is 467 g/mol. The van der Waals surface area contributed by atoms with Gasteiger partial charge >= 0.3 is 5.97 Å². The molecule has 1 unspecified atom stereocenters. The largest absolute Gasteiger partial charge is 0.497 e. The van der Waals surface area contributed by atoms with Crippen LogP contribution in [0.4, 0.5) is 0 Å². The van der Waals surface area contributed by atoms with Crippen LogP contribution in [0.1, 0.15) is 12.5 Å². The normalized spacial score (nSPS) is 13.0. The van der Waals surface area contributed by atoms with E-state index >= 15 is 0 Å². The lowest BCUT2D eigenvalue weighted by Gasteiger charge is -2.28. The Balaban J connectivity index is 1.83. The standard InChI is InChI=1S/C22H18BrN3O4/c1-22(21(27)28,14-7-9-15(23)10-8-14)30-20-12-11-16(29-2)13-19(20)26-24-17-5-3-4-6-18(17)25-26/h3-13H,1-2H3,(H,27,28). The Labute approximate surface area is 181 Å². The quantitative estimate of drug-likeness (QED) is 0.446. The van der Waals surface area contributed by atoms with Crippen molar-refractivity contribution in [2.24, 2.45) is 0 Å². The van der Waals surface area contributed by atoms with Gasteiger partial charge in [-0.25, -0.2) is 4.79 Å². The van der Waals surface area contributed by atoms with Crippen LogP contribution in [0.2, 0.25) is 0 Å². The molecule has 7 nitrogen and oxygen atoms in total. The molecule has 0 aliphatic heterocycles. The second-order valence-electron chi connectivity index (χ2n) is 6.76. The molecule has 0 fully saturated rings. The molecule has 4 aromatic rings. The molecule has 0 aliphatic rings. The fourth-order valence-electron chi connectivity index (χ4n) is 3.05. The van der Waals surface area contributed by atoms with Crippen LogP contribution >= 0.6 is 15.9 Å². The van der Waals surface area contributed by atoms with Crippen molar-refractivity contribution in [2.75, 3.05) is 7.11 Å². The van der Waals surface area contributed by atoms with Crippen molar-refractivity contribution in [1.82, 2.24) is 15.0 Å². The fourth-order valence-corrected chi connectivity index (χ4v) is 3.31. The van der Waals surface area contributed by atoms with E-state index in [0.29, 0.717) is 33.8 Å². The van der Waals surface area contributed by atoms with Crippen molar-refractivity contribution in [3.8, 4) is 17.2 Å². The van der Waals surface area contributed by atoms with Crippen molar-refractivity contribution in [3.05, 3.63) is 76.8 Å². The molecule has 3 aromatic carbocycles. The van der Waals surface area contributed by atoms with E-state index in [1.165, 1.54) is 11.7 Å². The van der Waals surface area contributed by atoms with Gasteiger partial charge in [-0.15, -0.1) is 15.0 Å². The van der Waals surface area contributed by atoms with Gasteiger partial charge < -0.3 is 14.6 Å². The Morgan fingerprint density at radius 1 is 1.03 bits per heavy atom. The number of carboxylic acids is 1. The van der Waals surface area contributed by atoms with Crippen LogP contribution in [-0.4, -0.2) is 33.2 Å². The third kappa shape index (κ3) is 3.61. The Hall–Kier alpha value is -3.39. The first-order chi connectivity index (χ1) is 14.4. The average molecular weight is 468 g/mol. The molecular weight excluding hydrogens is 450 g/mol. The first-order valence-electron chi connectivity index (χ1n) is 9.09. The Morgan fingerprint density at radius 2 is 1.67 bits per heavy atom. The number of ether oxygens (including phenoxy) is 2. The molecule has 0 amide bonds. The van der Waals surface area contributed by atoms with Crippen molar-refractivity contribution in [3.63, 3.8) is 0 Å². The molecule has 0 aliphatic carbocycles. The molecule has 1 heterocycles. The first-order valence-corrected chi connectivity index (χ1v) is 9.89. The number of methoxy groups -OCH3 is 1. The van der Waals surface area contributed by atoms with Crippen LogP contribution < -0.4 is 9.47 Å². The molecule has 1 aromatic heterocycles. The minimum Gasteiger partial charge on any atom is -0.497 e. The molecule has 0 saturated carbocycles. The zero-order valence-electron chi connectivity index (χ0n) is 16.2. The minimum atomic E-state index is -1.63. The maximum absolute atomic E-state index is 12.2. The van der Waals surface area contributed by atoms with E-state index in [1.807, 2.05) is 24.3 Å². The van der Waals surface area contributed by atoms with Gasteiger partial charge in [0.1, 0.15) is 28.2 Å². The van der Waals surface area contributed by atoms with Gasteiger partial charge in [0.25, 0.3) is 0 Å². The average Bonchev–Trinajstić information content (AvgIpc) is 3.18. The second-order valence-corrected chi connectivity index (χ2v) is 7.67. The number of rotatable bonds is 6. The lowest BCUT2D eigenvalue weighted by atomic mass is 9.96. The summed E-state index contributed by atoms with van der Waals surface area (Å²) in [7, 11) is 1.55. The van der Waals surface area contributed by atoms with Crippen molar-refractivity contribution >= 4 is 32.9 Å². The van der Waals surface area contributed by atoms with Gasteiger partial charge in [-0.05, 0) is 43.3 Å². The SMILES string of the molecule is COc1ccc(OC(C)(C(=O)O)c2ccc(Br)cc2)c(-n2nc3ccccc3n2)c1. The minimum absolute atomic E-state index is 0.309. The third-order valence-corrected chi connectivity index (χ3v) is 5.31. The van der Waals surface area contributed by atoms with Crippen molar-refractivity contribution in [1.29, 1.82) is 0 Å². The van der Waals surface area contributed by atoms with Gasteiger partial charge in [0.15, 0.2) is 0 Å². The Bertz CT molecular complexity index is 1190. The van der Waals surface area contributed by atoms with Gasteiger partial charge in [-0.3, -0.25) is 0 Å². The summed E-state index contributed by atoms with van der Waals surface area (Å²) in [6, 6.07) is 19.5. The topological polar surface area (TPSA) is 86.5 Å². The molecule has 30 heavy (non-hydrogen) atoms. The highest BCUT2D eigenvalue weighted by Gasteiger charge is 2.38. The maximum Gasteiger partial charge on any atom is 0.352 e. The summed E-state index contributed by atoms with van der Waals surface area (Å²) in [5.74, 6) is -0.242. The number of carbonyl (C=O) groups is 1. The van der Waals surface area contributed by atoms with Crippen LogP contribution in [0.5, 0.6) is 11.5 Å². The van der Waals surface area contributed by atoms with Crippen molar-refractivity contribution < 1.29 is 19.4 Å². The highest BCUT2D eigenvalue weighted by molar-refractivity contribution is 9.10. The first kappa shape index (κ1) is 19.9. The lowest BCUT2D eigenvalue weighted by Crippen LogP contribution is -2.38. The van der Waals surface area contributed by atoms with E-state index in [9.17, 15) is 9.90 Å². The van der Waals surface area contributed by atoms with E-state index in [4.69, 9.17) is 9.47 Å². The highest BCUT2D eigenvalue weighted by Crippen LogP contribution is 2.35. The molecule has 1 atom stereocenters. The van der Waals surface area contributed by atoms with Crippen LogP contribution in [0.15, 0.2) is 71.2 Å².